The van der Waals surface area contributed by atoms with Crippen LogP contribution in [-0.2, 0) is 11.2 Å². The SMILES string of the molecule is COc1ccc2c(c1CCNC(C)=O)OCC2C. The van der Waals surface area contributed by atoms with Crippen LogP contribution in [0.15, 0.2) is 12.1 Å². The molecule has 1 atom stereocenters. The number of carbonyl (C=O) groups is 1. The molecular weight excluding hydrogens is 230 g/mol. The molecule has 1 N–H and O–H groups in total. The Hall–Kier alpha value is -1.71. The second-order valence-electron chi connectivity index (χ2n) is 4.61. The summed E-state index contributed by atoms with van der Waals surface area (Å²) < 4.78 is 11.1. The number of benzene rings is 1. The van der Waals surface area contributed by atoms with E-state index in [0.29, 0.717) is 12.5 Å². The number of ether oxygens (including phenoxy) is 2. The van der Waals surface area contributed by atoms with Crippen LogP contribution < -0.4 is 14.8 Å². The Morgan fingerprint density at radius 1 is 1.56 bits per heavy atom. The summed E-state index contributed by atoms with van der Waals surface area (Å²) in [5.41, 5.74) is 2.28. The summed E-state index contributed by atoms with van der Waals surface area (Å²) in [6, 6.07) is 4.04. The first kappa shape index (κ1) is 12.7. The Labute approximate surface area is 107 Å². The van der Waals surface area contributed by atoms with Crippen molar-refractivity contribution in [2.75, 3.05) is 20.3 Å². The average molecular weight is 249 g/mol. The van der Waals surface area contributed by atoms with E-state index in [1.807, 2.05) is 6.07 Å². The highest BCUT2D eigenvalue weighted by Crippen LogP contribution is 2.40. The lowest BCUT2D eigenvalue weighted by molar-refractivity contribution is -0.118. The molecule has 0 aliphatic carbocycles. The molecule has 98 valence electrons. The maximum Gasteiger partial charge on any atom is 0.216 e. The van der Waals surface area contributed by atoms with Gasteiger partial charge in [-0.25, -0.2) is 0 Å². The Bertz CT molecular complexity index is 457. The van der Waals surface area contributed by atoms with Gasteiger partial charge in [0.2, 0.25) is 5.91 Å². The van der Waals surface area contributed by atoms with Gasteiger partial charge in [0.05, 0.1) is 13.7 Å². The Kier molecular flexibility index (Phi) is 3.75. The molecule has 0 radical (unpaired) electrons. The molecule has 2 rings (SSSR count). The van der Waals surface area contributed by atoms with E-state index in [9.17, 15) is 4.79 Å². The van der Waals surface area contributed by atoms with E-state index in [4.69, 9.17) is 9.47 Å². The van der Waals surface area contributed by atoms with Gasteiger partial charge in [-0.1, -0.05) is 13.0 Å². The zero-order valence-electron chi connectivity index (χ0n) is 11.1. The van der Waals surface area contributed by atoms with Crippen LogP contribution in [0.2, 0.25) is 0 Å². The maximum absolute atomic E-state index is 10.9. The van der Waals surface area contributed by atoms with Gasteiger partial charge in [-0.3, -0.25) is 4.79 Å². The van der Waals surface area contributed by atoms with E-state index < -0.39 is 0 Å². The molecule has 0 fully saturated rings. The lowest BCUT2D eigenvalue weighted by Crippen LogP contribution is -2.22. The highest BCUT2D eigenvalue weighted by Gasteiger charge is 2.25. The number of hydrogen-bond donors (Lipinski definition) is 1. The normalized spacial score (nSPS) is 16.9. The standard InChI is InChI=1S/C14H19NO3/c1-9-8-18-14-11(9)4-5-13(17-3)12(14)6-7-15-10(2)16/h4-5,9H,6-8H2,1-3H3,(H,15,16). The van der Waals surface area contributed by atoms with Gasteiger partial charge >= 0.3 is 0 Å². The van der Waals surface area contributed by atoms with Crippen molar-refractivity contribution in [3.63, 3.8) is 0 Å². The van der Waals surface area contributed by atoms with E-state index in [2.05, 4.69) is 18.3 Å². The molecule has 1 amide bonds. The lowest BCUT2D eigenvalue weighted by Gasteiger charge is -2.13. The van der Waals surface area contributed by atoms with Crippen molar-refractivity contribution in [2.24, 2.45) is 0 Å². The quantitative estimate of drug-likeness (QED) is 0.886. The summed E-state index contributed by atoms with van der Waals surface area (Å²) in [4.78, 5) is 10.9. The monoisotopic (exact) mass is 249 g/mol. The van der Waals surface area contributed by atoms with Crippen LogP contribution in [0, 0.1) is 0 Å². The van der Waals surface area contributed by atoms with Crippen LogP contribution in [-0.4, -0.2) is 26.2 Å². The van der Waals surface area contributed by atoms with Crippen LogP contribution >= 0.6 is 0 Å². The molecule has 1 aliphatic rings. The van der Waals surface area contributed by atoms with Crippen molar-refractivity contribution in [1.82, 2.24) is 5.32 Å². The number of amides is 1. The van der Waals surface area contributed by atoms with Gasteiger partial charge in [-0.15, -0.1) is 0 Å². The molecule has 0 aromatic heterocycles. The first-order valence-electron chi connectivity index (χ1n) is 6.20. The minimum Gasteiger partial charge on any atom is -0.496 e. The number of carbonyl (C=O) groups excluding carboxylic acids is 1. The third-order valence-corrected chi connectivity index (χ3v) is 3.23. The molecule has 1 unspecified atom stereocenters. The van der Waals surface area contributed by atoms with Crippen molar-refractivity contribution in [2.45, 2.75) is 26.2 Å². The largest absolute Gasteiger partial charge is 0.496 e. The van der Waals surface area contributed by atoms with Gasteiger partial charge in [0, 0.05) is 30.5 Å². The van der Waals surface area contributed by atoms with Crippen molar-refractivity contribution in [3.05, 3.63) is 23.3 Å². The number of methoxy groups -OCH3 is 1. The van der Waals surface area contributed by atoms with Crippen LogP contribution in [0.25, 0.3) is 0 Å². The zero-order chi connectivity index (χ0) is 13.1. The smallest absolute Gasteiger partial charge is 0.216 e. The Balaban J connectivity index is 2.23. The number of rotatable bonds is 4. The third kappa shape index (κ3) is 2.42. The molecule has 1 heterocycles. The summed E-state index contributed by atoms with van der Waals surface area (Å²) in [6.45, 7) is 4.98. The van der Waals surface area contributed by atoms with Crippen LogP contribution in [0.4, 0.5) is 0 Å². The zero-order valence-corrected chi connectivity index (χ0v) is 11.1. The third-order valence-electron chi connectivity index (χ3n) is 3.23. The van der Waals surface area contributed by atoms with Gasteiger partial charge in [0.15, 0.2) is 0 Å². The first-order chi connectivity index (χ1) is 8.63. The first-order valence-corrected chi connectivity index (χ1v) is 6.20. The minimum atomic E-state index is -0.0178. The van der Waals surface area contributed by atoms with E-state index >= 15 is 0 Å². The highest BCUT2D eigenvalue weighted by atomic mass is 16.5. The Morgan fingerprint density at radius 3 is 3.00 bits per heavy atom. The summed E-state index contributed by atoms with van der Waals surface area (Å²) in [5.74, 6) is 2.17. The fourth-order valence-corrected chi connectivity index (χ4v) is 2.28. The fourth-order valence-electron chi connectivity index (χ4n) is 2.28. The van der Waals surface area contributed by atoms with E-state index in [1.54, 1.807) is 7.11 Å². The van der Waals surface area contributed by atoms with Gasteiger partial charge < -0.3 is 14.8 Å². The summed E-state index contributed by atoms with van der Waals surface area (Å²) in [5, 5.41) is 2.80. The molecule has 0 saturated carbocycles. The Morgan fingerprint density at radius 2 is 2.33 bits per heavy atom. The molecule has 0 spiro atoms. The second kappa shape index (κ2) is 5.29. The lowest BCUT2D eigenvalue weighted by atomic mass is 9.98. The van der Waals surface area contributed by atoms with E-state index in [0.717, 1.165) is 30.1 Å². The van der Waals surface area contributed by atoms with Crippen molar-refractivity contribution >= 4 is 5.91 Å². The van der Waals surface area contributed by atoms with Gasteiger partial charge in [0.1, 0.15) is 11.5 Å². The van der Waals surface area contributed by atoms with Crippen molar-refractivity contribution in [3.8, 4) is 11.5 Å². The van der Waals surface area contributed by atoms with Crippen molar-refractivity contribution < 1.29 is 14.3 Å². The van der Waals surface area contributed by atoms with E-state index in [-0.39, 0.29) is 5.91 Å². The molecule has 1 aromatic carbocycles. The molecule has 4 heteroatoms. The predicted molar refractivity (Wildman–Crippen MR) is 69.3 cm³/mol. The van der Waals surface area contributed by atoms with E-state index in [1.165, 1.54) is 12.5 Å². The van der Waals surface area contributed by atoms with Gasteiger partial charge in [-0.2, -0.15) is 0 Å². The number of nitrogens with one attached hydrogen (secondary N) is 1. The summed E-state index contributed by atoms with van der Waals surface area (Å²) in [7, 11) is 1.65. The van der Waals surface area contributed by atoms with Gasteiger partial charge in [0.25, 0.3) is 0 Å². The van der Waals surface area contributed by atoms with Crippen molar-refractivity contribution in [1.29, 1.82) is 0 Å². The second-order valence-corrected chi connectivity index (χ2v) is 4.61. The fraction of sp³-hybridized carbons (Fsp3) is 0.500. The molecule has 4 nitrogen and oxygen atoms in total. The van der Waals surface area contributed by atoms with Gasteiger partial charge in [-0.05, 0) is 12.5 Å². The predicted octanol–water partition coefficient (Wildman–Crippen LogP) is 1.87. The molecular formula is C14H19NO3. The summed E-state index contributed by atoms with van der Waals surface area (Å²) >= 11 is 0. The van der Waals surface area contributed by atoms with Crippen LogP contribution in [0.5, 0.6) is 11.5 Å². The molecule has 1 aromatic rings. The number of fused-ring (bicyclic) bond motifs is 1. The molecule has 1 aliphatic heterocycles. The average Bonchev–Trinajstić information content (AvgIpc) is 2.71. The number of hydrogen-bond acceptors (Lipinski definition) is 3. The minimum absolute atomic E-state index is 0.0178. The summed E-state index contributed by atoms with van der Waals surface area (Å²) in [6.07, 6.45) is 0.721. The van der Waals surface area contributed by atoms with Crippen LogP contribution in [0.3, 0.4) is 0 Å². The molecule has 0 bridgehead atoms. The highest BCUT2D eigenvalue weighted by molar-refractivity contribution is 5.72. The molecule has 18 heavy (non-hydrogen) atoms. The topological polar surface area (TPSA) is 47.6 Å². The molecule has 0 saturated heterocycles. The van der Waals surface area contributed by atoms with Crippen LogP contribution in [0.1, 0.15) is 30.9 Å². The maximum atomic E-state index is 10.9.